The maximum atomic E-state index is 9.82. The Morgan fingerprint density at radius 2 is 2.00 bits per heavy atom. The molecule has 0 saturated carbocycles. The van der Waals surface area contributed by atoms with Gasteiger partial charge in [0.2, 0.25) is 0 Å². The van der Waals surface area contributed by atoms with Gasteiger partial charge in [0.25, 0.3) is 6.29 Å². The van der Waals surface area contributed by atoms with E-state index in [2.05, 4.69) is 16.1 Å². The zero-order valence-corrected chi connectivity index (χ0v) is 7.57. The highest BCUT2D eigenvalue weighted by molar-refractivity contribution is 5.84. The number of carbonyl (C=O) groups excluding carboxylic acids is 1. The fourth-order valence-electron chi connectivity index (χ4n) is 0.390. The lowest BCUT2D eigenvalue weighted by molar-refractivity contribution is -0.182. The van der Waals surface area contributed by atoms with E-state index in [-0.39, 0.29) is 11.9 Å². The van der Waals surface area contributed by atoms with Crippen molar-refractivity contribution in [2.24, 2.45) is 0 Å². The summed E-state index contributed by atoms with van der Waals surface area (Å²) in [5.41, 5.74) is 0.176. The number of hydrogen-bond acceptors (Lipinski definition) is 4. The molecule has 74 valence electrons. The van der Waals surface area contributed by atoms with Crippen molar-refractivity contribution in [3.8, 4) is 0 Å². The van der Waals surface area contributed by atoms with Crippen LogP contribution in [-0.2, 0) is 14.3 Å². The molecule has 0 atom stereocenters. The summed E-state index contributed by atoms with van der Waals surface area (Å²) in [4.78, 5) is 19.4. The highest BCUT2D eigenvalue weighted by Gasteiger charge is 2.27. The number of hydrogen-bond donors (Lipinski definition) is 1. The fourth-order valence-corrected chi connectivity index (χ4v) is 0.390. The van der Waals surface area contributed by atoms with Crippen LogP contribution in [0.3, 0.4) is 0 Å². The van der Waals surface area contributed by atoms with Crippen LogP contribution in [0.4, 0.5) is 4.79 Å². The summed E-state index contributed by atoms with van der Waals surface area (Å²) in [6.07, 6.45) is -0.0644. The summed E-state index contributed by atoms with van der Waals surface area (Å²) in [7, 11) is 0. The Hall–Kier alpha value is -1.52. The predicted molar refractivity (Wildman–Crippen MR) is 44.1 cm³/mol. The molecule has 1 rings (SSSR count). The molecule has 1 heterocycles. The standard InChI is InChI=1S/C4H6O3.C4H6O2/c1-2-3-6-4(5)7-3;1-3(2)4(5)6/h3H,2H2,1H3;1H2,2H3,(H,5,6). The Balaban J connectivity index is 0.000000226. The van der Waals surface area contributed by atoms with E-state index in [9.17, 15) is 9.59 Å². The Bertz CT molecular complexity index is 201. The number of aliphatic carboxylic acids is 1. The van der Waals surface area contributed by atoms with Crippen LogP contribution in [0.25, 0.3) is 0 Å². The third kappa shape index (κ3) is 4.84. The van der Waals surface area contributed by atoms with Crippen molar-refractivity contribution in [1.82, 2.24) is 0 Å². The first-order chi connectivity index (χ1) is 5.97. The highest BCUT2D eigenvalue weighted by Crippen LogP contribution is 2.12. The summed E-state index contributed by atoms with van der Waals surface area (Å²) in [5.74, 6) is -0.935. The molecule has 0 amide bonds. The van der Waals surface area contributed by atoms with Crippen molar-refractivity contribution < 1.29 is 24.2 Å². The zero-order chi connectivity index (χ0) is 10.4. The normalized spacial score (nSPS) is 14.2. The summed E-state index contributed by atoms with van der Waals surface area (Å²) < 4.78 is 8.85. The van der Waals surface area contributed by atoms with Gasteiger partial charge in [0.05, 0.1) is 0 Å². The first kappa shape index (κ1) is 11.5. The first-order valence-electron chi connectivity index (χ1n) is 3.73. The Kier molecular flexibility index (Phi) is 4.58. The number of cyclic esters (lactones) is 2. The van der Waals surface area contributed by atoms with E-state index < -0.39 is 12.1 Å². The molecule has 1 aliphatic heterocycles. The number of ether oxygens (including phenoxy) is 2. The van der Waals surface area contributed by atoms with Crippen LogP contribution in [0.2, 0.25) is 0 Å². The molecule has 0 aliphatic carbocycles. The number of carboxylic acid groups (broad SMARTS) is 1. The monoisotopic (exact) mass is 188 g/mol. The Morgan fingerprint density at radius 1 is 1.62 bits per heavy atom. The third-order valence-electron chi connectivity index (χ3n) is 1.15. The third-order valence-corrected chi connectivity index (χ3v) is 1.15. The minimum absolute atomic E-state index is 0.176. The van der Waals surface area contributed by atoms with Gasteiger partial charge in [0, 0.05) is 12.0 Å². The maximum absolute atomic E-state index is 9.82. The van der Waals surface area contributed by atoms with Crippen molar-refractivity contribution in [2.75, 3.05) is 0 Å². The molecule has 5 heteroatoms. The second kappa shape index (κ2) is 5.18. The molecule has 0 aromatic rings. The molecule has 13 heavy (non-hydrogen) atoms. The lowest BCUT2D eigenvalue weighted by Gasteiger charge is -2.23. The van der Waals surface area contributed by atoms with Gasteiger partial charge in [0.1, 0.15) is 0 Å². The maximum Gasteiger partial charge on any atom is 0.514 e. The number of carboxylic acids is 1. The smallest absolute Gasteiger partial charge is 0.478 e. The molecule has 0 aromatic heterocycles. The lowest BCUT2D eigenvalue weighted by atomic mass is 10.4. The van der Waals surface area contributed by atoms with E-state index in [1.165, 1.54) is 6.92 Å². The Labute approximate surface area is 75.9 Å². The van der Waals surface area contributed by atoms with Crippen LogP contribution in [0.15, 0.2) is 12.2 Å². The van der Waals surface area contributed by atoms with Gasteiger partial charge in [0.15, 0.2) is 0 Å². The first-order valence-corrected chi connectivity index (χ1v) is 3.73. The molecule has 1 saturated heterocycles. The number of rotatable bonds is 2. The van der Waals surface area contributed by atoms with Gasteiger partial charge in [-0.1, -0.05) is 13.5 Å². The molecular weight excluding hydrogens is 176 g/mol. The zero-order valence-electron chi connectivity index (χ0n) is 7.57. The average molecular weight is 188 g/mol. The van der Waals surface area contributed by atoms with E-state index in [4.69, 9.17) is 5.11 Å². The van der Waals surface area contributed by atoms with E-state index >= 15 is 0 Å². The lowest BCUT2D eigenvalue weighted by Crippen LogP contribution is -2.34. The van der Waals surface area contributed by atoms with Gasteiger partial charge in [-0.2, -0.15) is 0 Å². The summed E-state index contributed by atoms with van der Waals surface area (Å²) in [5, 5.41) is 7.89. The second-order valence-electron chi connectivity index (χ2n) is 2.41. The molecule has 0 unspecified atom stereocenters. The van der Waals surface area contributed by atoms with Crippen molar-refractivity contribution >= 4 is 12.1 Å². The molecule has 1 aliphatic rings. The molecule has 0 aromatic carbocycles. The van der Waals surface area contributed by atoms with Gasteiger partial charge in [-0.15, -0.1) is 0 Å². The van der Waals surface area contributed by atoms with Gasteiger partial charge >= 0.3 is 12.1 Å². The van der Waals surface area contributed by atoms with Gasteiger partial charge in [-0.25, -0.2) is 9.59 Å². The van der Waals surface area contributed by atoms with E-state index in [1.807, 2.05) is 6.92 Å². The molecule has 0 bridgehead atoms. The van der Waals surface area contributed by atoms with Crippen LogP contribution >= 0.6 is 0 Å². The summed E-state index contributed by atoms with van der Waals surface area (Å²) in [6, 6.07) is 0. The van der Waals surface area contributed by atoms with Crippen molar-refractivity contribution in [1.29, 1.82) is 0 Å². The van der Waals surface area contributed by atoms with E-state index in [0.717, 1.165) is 6.42 Å². The quantitative estimate of drug-likeness (QED) is 0.525. The average Bonchev–Trinajstić information content (AvgIpc) is 1.99. The van der Waals surface area contributed by atoms with Crippen molar-refractivity contribution in [3.05, 3.63) is 12.2 Å². The second-order valence-corrected chi connectivity index (χ2v) is 2.41. The van der Waals surface area contributed by atoms with Crippen LogP contribution in [0, 0.1) is 0 Å². The van der Waals surface area contributed by atoms with Crippen molar-refractivity contribution in [3.63, 3.8) is 0 Å². The van der Waals surface area contributed by atoms with Crippen LogP contribution in [0.5, 0.6) is 0 Å². The van der Waals surface area contributed by atoms with Crippen molar-refractivity contribution in [2.45, 2.75) is 26.6 Å². The molecule has 0 radical (unpaired) electrons. The molecular formula is C8H12O5. The van der Waals surface area contributed by atoms with E-state index in [0.29, 0.717) is 0 Å². The molecule has 1 fully saturated rings. The molecule has 0 spiro atoms. The summed E-state index contributed by atoms with van der Waals surface area (Å²) >= 11 is 0. The largest absolute Gasteiger partial charge is 0.514 e. The van der Waals surface area contributed by atoms with Gasteiger partial charge in [-0.05, 0) is 6.92 Å². The number of carbonyl (C=O) groups is 2. The van der Waals surface area contributed by atoms with Crippen LogP contribution in [-0.4, -0.2) is 23.5 Å². The topological polar surface area (TPSA) is 72.8 Å². The van der Waals surface area contributed by atoms with Crippen LogP contribution in [0.1, 0.15) is 20.3 Å². The predicted octanol–water partition coefficient (Wildman–Crippen LogP) is 1.54. The summed E-state index contributed by atoms with van der Waals surface area (Å²) in [6.45, 7) is 6.49. The minimum atomic E-state index is -0.935. The molecule has 1 N–H and O–H groups in total. The van der Waals surface area contributed by atoms with Gasteiger partial charge in [-0.3, -0.25) is 0 Å². The SMILES string of the molecule is C=C(C)C(=O)O.CCC1OC(=O)O1. The highest BCUT2D eigenvalue weighted by atomic mass is 16.9. The fraction of sp³-hybridized carbons (Fsp3) is 0.500. The minimum Gasteiger partial charge on any atom is -0.478 e. The molecule has 5 nitrogen and oxygen atoms in total. The van der Waals surface area contributed by atoms with Crippen LogP contribution < -0.4 is 0 Å². The van der Waals surface area contributed by atoms with E-state index in [1.54, 1.807) is 0 Å². The van der Waals surface area contributed by atoms with Gasteiger partial charge < -0.3 is 14.6 Å². The Morgan fingerprint density at radius 3 is 2.08 bits per heavy atom.